The summed E-state index contributed by atoms with van der Waals surface area (Å²) in [7, 11) is 2.30. The van der Waals surface area contributed by atoms with Gasteiger partial charge < -0.3 is 9.80 Å². The second-order valence-corrected chi connectivity index (χ2v) is 5.52. The number of fused-ring (bicyclic) bond motifs is 1. The Morgan fingerprint density at radius 2 is 1.61 bits per heavy atom. The maximum atomic E-state index is 2.30. The van der Waals surface area contributed by atoms with Crippen LogP contribution in [-0.4, -0.2) is 33.2 Å². The lowest BCUT2D eigenvalue weighted by Gasteiger charge is -2.27. The molecule has 1 aliphatic rings. The third kappa shape index (κ3) is 2.40. The van der Waals surface area contributed by atoms with Crippen LogP contribution in [0.3, 0.4) is 0 Å². The molecule has 1 aliphatic heterocycles. The maximum Gasteiger partial charge on any atom is 0.127 e. The third-order valence-corrected chi connectivity index (χ3v) is 4.13. The number of nitrogens with one attached hydrogen (secondary N) is 2. The van der Waals surface area contributed by atoms with Crippen LogP contribution in [-0.2, 0) is 6.54 Å². The van der Waals surface area contributed by atoms with Gasteiger partial charge in [-0.25, -0.2) is 0 Å². The molecule has 0 spiro atoms. The van der Waals surface area contributed by atoms with Crippen LogP contribution in [0.4, 0.5) is 0 Å². The molecule has 94 valence electrons. The average molecular weight is 242 g/mol. The van der Waals surface area contributed by atoms with E-state index < -0.39 is 0 Å². The molecule has 2 aromatic rings. The van der Waals surface area contributed by atoms with E-state index in [0.29, 0.717) is 0 Å². The Balaban J connectivity index is 1.82. The first-order chi connectivity index (χ1) is 8.83. The molecule has 2 nitrogen and oxygen atoms in total. The van der Waals surface area contributed by atoms with Gasteiger partial charge in [0.25, 0.3) is 0 Å². The number of likely N-dealkylation sites (N-methyl/N-ethyl adjacent to an activating group) is 1. The van der Waals surface area contributed by atoms with Gasteiger partial charge in [-0.15, -0.1) is 0 Å². The Morgan fingerprint density at radius 1 is 0.889 bits per heavy atom. The van der Waals surface area contributed by atoms with Crippen LogP contribution < -0.4 is 9.80 Å². The minimum absolute atomic E-state index is 1.18. The van der Waals surface area contributed by atoms with E-state index in [1.165, 1.54) is 49.1 Å². The third-order valence-electron chi connectivity index (χ3n) is 4.13. The van der Waals surface area contributed by atoms with Gasteiger partial charge in [0.2, 0.25) is 0 Å². The fourth-order valence-corrected chi connectivity index (χ4v) is 2.92. The van der Waals surface area contributed by atoms with E-state index in [9.17, 15) is 0 Å². The Kier molecular flexibility index (Phi) is 3.31. The van der Waals surface area contributed by atoms with Crippen molar-refractivity contribution in [3.8, 4) is 0 Å². The standard InChI is InChI=1S/C16H20N2/c1-17-9-11-18(12-10-17)13-15-7-4-6-14-5-2-3-8-16(14)15/h2-8H,9-13H2,1H3/p+2. The van der Waals surface area contributed by atoms with Gasteiger partial charge in [0.15, 0.2) is 0 Å². The van der Waals surface area contributed by atoms with Crippen molar-refractivity contribution in [1.29, 1.82) is 0 Å². The van der Waals surface area contributed by atoms with Crippen LogP contribution >= 0.6 is 0 Å². The van der Waals surface area contributed by atoms with Gasteiger partial charge in [0.05, 0.1) is 7.05 Å². The van der Waals surface area contributed by atoms with E-state index in [1.54, 1.807) is 9.80 Å². The fraction of sp³-hybridized carbons (Fsp3) is 0.375. The van der Waals surface area contributed by atoms with E-state index >= 15 is 0 Å². The lowest BCUT2D eigenvalue weighted by Crippen LogP contribution is -3.26. The highest BCUT2D eigenvalue weighted by Crippen LogP contribution is 2.17. The van der Waals surface area contributed by atoms with Crippen molar-refractivity contribution in [3.05, 3.63) is 48.0 Å². The molecular weight excluding hydrogens is 220 g/mol. The molecular formula is C16H22N2+2. The first-order valence-electron chi connectivity index (χ1n) is 6.94. The summed E-state index contributed by atoms with van der Waals surface area (Å²) in [5.41, 5.74) is 1.50. The highest BCUT2D eigenvalue weighted by Gasteiger charge is 2.20. The summed E-state index contributed by atoms with van der Waals surface area (Å²) >= 11 is 0. The second-order valence-electron chi connectivity index (χ2n) is 5.52. The van der Waals surface area contributed by atoms with Crippen LogP contribution in [0, 0.1) is 0 Å². The number of quaternary nitrogens is 2. The van der Waals surface area contributed by atoms with Crippen molar-refractivity contribution in [2.75, 3.05) is 33.2 Å². The Hall–Kier alpha value is -1.38. The van der Waals surface area contributed by atoms with E-state index in [-0.39, 0.29) is 0 Å². The molecule has 0 saturated carbocycles. The zero-order valence-corrected chi connectivity index (χ0v) is 11.1. The lowest BCUT2D eigenvalue weighted by molar-refractivity contribution is -1.01. The molecule has 0 unspecified atom stereocenters. The molecule has 0 bridgehead atoms. The molecule has 0 amide bonds. The zero-order chi connectivity index (χ0) is 12.4. The van der Waals surface area contributed by atoms with Crippen molar-refractivity contribution in [1.82, 2.24) is 0 Å². The summed E-state index contributed by atoms with van der Waals surface area (Å²) in [6.07, 6.45) is 0. The van der Waals surface area contributed by atoms with Gasteiger partial charge in [-0.1, -0.05) is 42.5 Å². The topological polar surface area (TPSA) is 8.88 Å². The van der Waals surface area contributed by atoms with Crippen LogP contribution in [0.15, 0.2) is 42.5 Å². The molecule has 1 fully saturated rings. The molecule has 2 heteroatoms. The molecule has 18 heavy (non-hydrogen) atoms. The molecule has 0 radical (unpaired) electrons. The van der Waals surface area contributed by atoms with Crippen LogP contribution in [0.5, 0.6) is 0 Å². The summed E-state index contributed by atoms with van der Waals surface area (Å²) < 4.78 is 0. The molecule has 2 N–H and O–H groups in total. The van der Waals surface area contributed by atoms with Crippen LogP contribution in [0.1, 0.15) is 5.56 Å². The van der Waals surface area contributed by atoms with Gasteiger partial charge in [-0.05, 0) is 10.8 Å². The largest absolute Gasteiger partial charge is 0.328 e. The van der Waals surface area contributed by atoms with E-state index in [2.05, 4.69) is 49.5 Å². The molecule has 0 atom stereocenters. The fourth-order valence-electron chi connectivity index (χ4n) is 2.92. The quantitative estimate of drug-likeness (QED) is 0.719. The minimum atomic E-state index is 1.18. The maximum absolute atomic E-state index is 2.30. The molecule has 2 aromatic carbocycles. The minimum Gasteiger partial charge on any atom is -0.328 e. The number of hydrogen-bond acceptors (Lipinski definition) is 0. The normalized spacial score (nSPS) is 24.3. The van der Waals surface area contributed by atoms with Gasteiger partial charge in [-0.2, -0.15) is 0 Å². The first-order valence-corrected chi connectivity index (χ1v) is 6.94. The van der Waals surface area contributed by atoms with Crippen molar-refractivity contribution < 1.29 is 9.80 Å². The Labute approximate surface area is 109 Å². The highest BCUT2D eigenvalue weighted by atomic mass is 15.2. The molecule has 0 aliphatic carbocycles. The van der Waals surface area contributed by atoms with Crippen molar-refractivity contribution in [2.24, 2.45) is 0 Å². The Bertz CT molecular complexity index is 522. The van der Waals surface area contributed by atoms with Crippen molar-refractivity contribution in [3.63, 3.8) is 0 Å². The average Bonchev–Trinajstić information content (AvgIpc) is 2.42. The van der Waals surface area contributed by atoms with E-state index in [0.717, 1.165) is 0 Å². The zero-order valence-electron chi connectivity index (χ0n) is 11.1. The number of rotatable bonds is 2. The highest BCUT2D eigenvalue weighted by molar-refractivity contribution is 5.85. The first kappa shape index (κ1) is 11.7. The number of hydrogen-bond donors (Lipinski definition) is 2. The summed E-state index contributed by atoms with van der Waals surface area (Å²) in [5, 5.41) is 2.80. The van der Waals surface area contributed by atoms with Crippen LogP contribution in [0.25, 0.3) is 10.8 Å². The number of piperazine rings is 1. The number of benzene rings is 2. The van der Waals surface area contributed by atoms with Crippen molar-refractivity contribution >= 4 is 10.8 Å². The second kappa shape index (κ2) is 5.09. The predicted molar refractivity (Wildman–Crippen MR) is 75.0 cm³/mol. The van der Waals surface area contributed by atoms with E-state index in [1.807, 2.05) is 0 Å². The summed E-state index contributed by atoms with van der Waals surface area (Å²) in [4.78, 5) is 3.41. The van der Waals surface area contributed by atoms with E-state index in [4.69, 9.17) is 0 Å². The monoisotopic (exact) mass is 242 g/mol. The predicted octanol–water partition coefficient (Wildman–Crippen LogP) is -0.247. The van der Waals surface area contributed by atoms with Gasteiger partial charge in [-0.3, -0.25) is 0 Å². The smallest absolute Gasteiger partial charge is 0.127 e. The molecule has 1 heterocycles. The summed E-state index contributed by atoms with van der Waals surface area (Å²) in [6.45, 7) is 6.39. The SMILES string of the molecule is C[NH+]1CC[NH+](Cc2cccc3ccccc23)CC1. The molecule has 0 aromatic heterocycles. The van der Waals surface area contributed by atoms with Crippen LogP contribution in [0.2, 0.25) is 0 Å². The van der Waals surface area contributed by atoms with Gasteiger partial charge >= 0.3 is 0 Å². The lowest BCUT2D eigenvalue weighted by atomic mass is 10.0. The summed E-state index contributed by atoms with van der Waals surface area (Å²) in [5.74, 6) is 0. The van der Waals surface area contributed by atoms with Gasteiger partial charge in [0.1, 0.15) is 32.7 Å². The van der Waals surface area contributed by atoms with Crippen molar-refractivity contribution in [2.45, 2.75) is 6.54 Å². The molecule has 1 saturated heterocycles. The Morgan fingerprint density at radius 3 is 2.44 bits per heavy atom. The van der Waals surface area contributed by atoms with Gasteiger partial charge in [0, 0.05) is 5.56 Å². The summed E-state index contributed by atoms with van der Waals surface area (Å²) in [6, 6.07) is 15.4. The molecule has 3 rings (SSSR count).